The lowest BCUT2D eigenvalue weighted by Crippen LogP contribution is -2.03. The Morgan fingerprint density at radius 1 is 1.42 bits per heavy atom. The van der Waals surface area contributed by atoms with Crippen LogP contribution in [0.2, 0.25) is 5.02 Å². The number of pyridine rings is 1. The number of halogens is 2. The van der Waals surface area contributed by atoms with Crippen LogP contribution >= 0.6 is 39.7 Å². The number of nitrogens with one attached hydrogen (secondary N) is 1. The van der Waals surface area contributed by atoms with Crippen molar-refractivity contribution in [1.29, 1.82) is 0 Å². The van der Waals surface area contributed by atoms with Crippen molar-refractivity contribution >= 4 is 39.7 Å². The first-order chi connectivity index (χ1) is 8.97. The van der Waals surface area contributed by atoms with Crippen molar-refractivity contribution in [3.05, 3.63) is 38.2 Å². The van der Waals surface area contributed by atoms with E-state index in [1.54, 1.807) is 12.3 Å². The van der Waals surface area contributed by atoms with Crippen molar-refractivity contribution in [1.82, 2.24) is 15.0 Å². The summed E-state index contributed by atoms with van der Waals surface area (Å²) in [6.45, 7) is 4.31. The van der Waals surface area contributed by atoms with Gasteiger partial charge in [-0.1, -0.05) is 37.7 Å². The molecule has 19 heavy (non-hydrogen) atoms. The number of aromatic nitrogens is 3. The topological polar surface area (TPSA) is 41.6 Å². The largest absolute Gasteiger partial charge is 0.341 e. The Morgan fingerprint density at radius 3 is 2.74 bits per heavy atom. The third kappa shape index (κ3) is 3.61. The summed E-state index contributed by atoms with van der Waals surface area (Å²) < 4.78 is 1.40. The van der Waals surface area contributed by atoms with E-state index >= 15 is 0 Å². The van der Waals surface area contributed by atoms with Crippen molar-refractivity contribution in [3.8, 4) is 11.5 Å². The van der Waals surface area contributed by atoms with Gasteiger partial charge in [0, 0.05) is 11.9 Å². The van der Waals surface area contributed by atoms with Crippen molar-refractivity contribution < 1.29 is 0 Å². The van der Waals surface area contributed by atoms with Gasteiger partial charge in [-0.2, -0.15) is 0 Å². The van der Waals surface area contributed by atoms with Gasteiger partial charge in [-0.15, -0.1) is 0 Å². The van der Waals surface area contributed by atoms with E-state index < -0.39 is 0 Å². The lowest BCUT2D eigenvalue weighted by atomic mass is 10.1. The predicted molar refractivity (Wildman–Crippen MR) is 83.9 cm³/mol. The Morgan fingerprint density at radius 2 is 2.16 bits per heavy atom. The molecule has 0 aromatic carbocycles. The minimum absolute atomic E-state index is 0.523. The highest BCUT2D eigenvalue weighted by Crippen LogP contribution is 2.22. The van der Waals surface area contributed by atoms with Gasteiger partial charge in [0.25, 0.3) is 0 Å². The molecule has 1 N–H and O–H groups in total. The Balaban J connectivity index is 2.50. The highest BCUT2D eigenvalue weighted by Gasteiger charge is 2.10. The standard InChI is InChI=1S/C13H13BrClN3S/c1-7(2)5-10-11(14)13(19)18-12(17-10)9-4-3-8(15)6-16-9/h3-4,6-7H,5H2,1-2H3,(H,17,18,19). The molecule has 0 amide bonds. The molecule has 0 aliphatic rings. The zero-order valence-electron chi connectivity index (χ0n) is 10.6. The van der Waals surface area contributed by atoms with Crippen LogP contribution in [-0.2, 0) is 6.42 Å². The summed E-state index contributed by atoms with van der Waals surface area (Å²) in [7, 11) is 0. The van der Waals surface area contributed by atoms with E-state index in [0.29, 0.717) is 21.4 Å². The fourth-order valence-electron chi connectivity index (χ4n) is 1.69. The molecule has 0 aliphatic carbocycles. The van der Waals surface area contributed by atoms with Gasteiger partial charge in [0.15, 0.2) is 5.82 Å². The minimum Gasteiger partial charge on any atom is -0.341 e. The Bertz CT molecular complexity index is 637. The van der Waals surface area contributed by atoms with Gasteiger partial charge in [-0.3, -0.25) is 4.98 Å². The molecule has 0 bridgehead atoms. The summed E-state index contributed by atoms with van der Waals surface area (Å²) in [6.07, 6.45) is 2.49. The second-order valence-electron chi connectivity index (χ2n) is 4.64. The molecule has 0 unspecified atom stereocenters. The van der Waals surface area contributed by atoms with Gasteiger partial charge in [0.1, 0.15) is 10.3 Å². The van der Waals surface area contributed by atoms with E-state index in [1.165, 1.54) is 0 Å². The van der Waals surface area contributed by atoms with Gasteiger partial charge in [-0.05, 0) is 40.4 Å². The first-order valence-electron chi connectivity index (χ1n) is 5.88. The number of nitrogens with zero attached hydrogens (tertiary/aromatic N) is 2. The van der Waals surface area contributed by atoms with Crippen LogP contribution in [0.3, 0.4) is 0 Å². The minimum atomic E-state index is 0.523. The molecular formula is C13H13BrClN3S. The Hall–Kier alpha value is -0.780. The van der Waals surface area contributed by atoms with E-state index in [-0.39, 0.29) is 0 Å². The van der Waals surface area contributed by atoms with Gasteiger partial charge in [-0.25, -0.2) is 4.98 Å². The number of hydrogen-bond donors (Lipinski definition) is 1. The van der Waals surface area contributed by atoms with Crippen LogP contribution in [0.1, 0.15) is 19.5 Å². The molecule has 0 radical (unpaired) electrons. The summed E-state index contributed by atoms with van der Waals surface area (Å²) in [5.41, 5.74) is 1.77. The maximum Gasteiger partial charge on any atom is 0.157 e. The molecule has 2 heterocycles. The molecule has 2 aromatic heterocycles. The molecule has 2 rings (SSSR count). The first kappa shape index (κ1) is 14.6. The highest BCUT2D eigenvalue weighted by atomic mass is 79.9. The zero-order chi connectivity index (χ0) is 14.0. The van der Waals surface area contributed by atoms with E-state index in [9.17, 15) is 0 Å². The van der Waals surface area contributed by atoms with Crippen LogP contribution in [-0.4, -0.2) is 15.0 Å². The molecule has 0 spiro atoms. The number of rotatable bonds is 3. The number of hydrogen-bond acceptors (Lipinski definition) is 3. The summed E-state index contributed by atoms with van der Waals surface area (Å²) in [6, 6.07) is 3.61. The third-order valence-electron chi connectivity index (χ3n) is 2.52. The normalized spacial score (nSPS) is 11.0. The van der Waals surface area contributed by atoms with Gasteiger partial charge in [0.05, 0.1) is 9.50 Å². The molecule has 3 nitrogen and oxygen atoms in total. The van der Waals surface area contributed by atoms with Gasteiger partial charge >= 0.3 is 0 Å². The average Bonchev–Trinajstić information content (AvgIpc) is 2.35. The second kappa shape index (κ2) is 6.11. The van der Waals surface area contributed by atoms with E-state index in [4.69, 9.17) is 23.8 Å². The van der Waals surface area contributed by atoms with Crippen LogP contribution in [0.25, 0.3) is 11.5 Å². The quantitative estimate of drug-likeness (QED) is 0.800. The summed E-state index contributed by atoms with van der Waals surface area (Å²) in [4.78, 5) is 11.9. The van der Waals surface area contributed by atoms with Crippen molar-refractivity contribution in [2.75, 3.05) is 0 Å². The van der Waals surface area contributed by atoms with E-state index in [2.05, 4.69) is 44.7 Å². The molecule has 0 fully saturated rings. The fourth-order valence-corrected chi connectivity index (χ4v) is 2.37. The van der Waals surface area contributed by atoms with Crippen LogP contribution in [0.4, 0.5) is 0 Å². The molecule has 100 valence electrons. The van der Waals surface area contributed by atoms with Crippen molar-refractivity contribution in [2.45, 2.75) is 20.3 Å². The lowest BCUT2D eigenvalue weighted by Gasteiger charge is -2.10. The monoisotopic (exact) mass is 357 g/mol. The first-order valence-corrected chi connectivity index (χ1v) is 7.46. The zero-order valence-corrected chi connectivity index (χ0v) is 13.7. The number of aromatic amines is 1. The summed E-state index contributed by atoms with van der Waals surface area (Å²) in [5, 5.41) is 0.599. The predicted octanol–water partition coefficient (Wildman–Crippen LogP) is 4.82. The van der Waals surface area contributed by atoms with Crippen LogP contribution in [0.5, 0.6) is 0 Å². The Kier molecular flexibility index (Phi) is 4.71. The summed E-state index contributed by atoms with van der Waals surface area (Å²) in [5.74, 6) is 1.19. The van der Waals surface area contributed by atoms with Gasteiger partial charge < -0.3 is 4.98 Å². The summed E-state index contributed by atoms with van der Waals surface area (Å²) >= 11 is 14.6. The SMILES string of the molecule is CC(C)Cc1[nH]c(-c2ccc(Cl)cn2)nc(=S)c1Br. The molecule has 0 atom stereocenters. The van der Waals surface area contributed by atoms with Crippen molar-refractivity contribution in [3.63, 3.8) is 0 Å². The van der Waals surface area contributed by atoms with Crippen LogP contribution < -0.4 is 0 Å². The van der Waals surface area contributed by atoms with Gasteiger partial charge in [0.2, 0.25) is 0 Å². The van der Waals surface area contributed by atoms with E-state index in [0.717, 1.165) is 22.3 Å². The second-order valence-corrected chi connectivity index (χ2v) is 6.26. The molecule has 2 aromatic rings. The highest BCUT2D eigenvalue weighted by molar-refractivity contribution is 9.10. The molecule has 0 saturated carbocycles. The molecular weight excluding hydrogens is 346 g/mol. The molecule has 6 heteroatoms. The maximum atomic E-state index is 5.83. The van der Waals surface area contributed by atoms with Crippen LogP contribution in [0, 0.1) is 10.6 Å². The smallest absolute Gasteiger partial charge is 0.157 e. The molecule has 0 saturated heterocycles. The van der Waals surface area contributed by atoms with Crippen LogP contribution in [0.15, 0.2) is 22.8 Å². The maximum absolute atomic E-state index is 5.83. The average molecular weight is 359 g/mol. The number of H-pyrrole nitrogens is 1. The fraction of sp³-hybridized carbons (Fsp3) is 0.308. The lowest BCUT2D eigenvalue weighted by molar-refractivity contribution is 0.632. The van der Waals surface area contributed by atoms with Crippen molar-refractivity contribution in [2.24, 2.45) is 5.92 Å². The third-order valence-corrected chi connectivity index (χ3v) is 4.15. The van der Waals surface area contributed by atoms with E-state index in [1.807, 2.05) is 6.07 Å². The molecule has 0 aliphatic heterocycles. The Labute approximate surface area is 130 Å².